The summed E-state index contributed by atoms with van der Waals surface area (Å²) in [6, 6.07) is 0. The standard InChI is InChI=1S/C6H9N3O3S2/c1-4(8-10)5-3-13-6(7-5)9-14(2,11)12/h3,10H,1-2H3,(H,7,9). The number of anilines is 1. The van der Waals surface area contributed by atoms with Crippen LogP contribution in [0.1, 0.15) is 12.6 Å². The maximum atomic E-state index is 10.8. The number of oxime groups is 1. The number of sulfonamides is 1. The Kier molecular flexibility index (Phi) is 3.06. The Balaban J connectivity index is 2.90. The zero-order valence-electron chi connectivity index (χ0n) is 7.55. The van der Waals surface area contributed by atoms with Crippen LogP contribution >= 0.6 is 11.3 Å². The van der Waals surface area contributed by atoms with E-state index in [9.17, 15) is 8.42 Å². The third-order valence-corrected chi connectivity index (χ3v) is 2.75. The van der Waals surface area contributed by atoms with Crippen molar-refractivity contribution < 1.29 is 13.6 Å². The van der Waals surface area contributed by atoms with Crippen molar-refractivity contribution in [2.75, 3.05) is 11.0 Å². The fourth-order valence-electron chi connectivity index (χ4n) is 0.697. The summed E-state index contributed by atoms with van der Waals surface area (Å²) < 4.78 is 23.9. The fraction of sp³-hybridized carbons (Fsp3) is 0.333. The first-order valence-corrected chi connectivity index (χ1v) is 6.32. The van der Waals surface area contributed by atoms with Crippen molar-refractivity contribution in [3.05, 3.63) is 11.1 Å². The molecule has 6 nitrogen and oxygen atoms in total. The van der Waals surface area contributed by atoms with E-state index in [4.69, 9.17) is 5.21 Å². The van der Waals surface area contributed by atoms with Crippen molar-refractivity contribution >= 4 is 32.2 Å². The summed E-state index contributed by atoms with van der Waals surface area (Å²) in [7, 11) is -3.30. The molecular weight excluding hydrogens is 226 g/mol. The number of thiazole rings is 1. The summed E-state index contributed by atoms with van der Waals surface area (Å²) in [4.78, 5) is 3.90. The van der Waals surface area contributed by atoms with Gasteiger partial charge in [-0.2, -0.15) is 0 Å². The first-order valence-electron chi connectivity index (χ1n) is 3.55. The lowest BCUT2D eigenvalue weighted by molar-refractivity contribution is 0.319. The molecule has 0 aromatic carbocycles. The van der Waals surface area contributed by atoms with E-state index in [2.05, 4.69) is 14.9 Å². The van der Waals surface area contributed by atoms with Crippen molar-refractivity contribution in [2.24, 2.45) is 5.16 Å². The van der Waals surface area contributed by atoms with Crippen LogP contribution in [0.25, 0.3) is 0 Å². The third kappa shape index (κ3) is 2.96. The normalized spacial score (nSPS) is 12.9. The molecule has 0 unspecified atom stereocenters. The van der Waals surface area contributed by atoms with Gasteiger partial charge in [-0.25, -0.2) is 13.4 Å². The summed E-state index contributed by atoms with van der Waals surface area (Å²) in [5.41, 5.74) is 0.784. The maximum Gasteiger partial charge on any atom is 0.231 e. The summed E-state index contributed by atoms with van der Waals surface area (Å²) in [6.45, 7) is 1.57. The monoisotopic (exact) mass is 235 g/mol. The fourth-order valence-corrected chi connectivity index (χ4v) is 2.30. The van der Waals surface area contributed by atoms with Crippen molar-refractivity contribution in [1.29, 1.82) is 0 Å². The van der Waals surface area contributed by atoms with Gasteiger partial charge in [0.05, 0.1) is 6.26 Å². The largest absolute Gasteiger partial charge is 0.411 e. The molecule has 0 aliphatic heterocycles. The predicted octanol–water partition coefficient (Wildman–Crippen LogP) is 0.713. The Morgan fingerprint density at radius 3 is 2.86 bits per heavy atom. The van der Waals surface area contributed by atoms with Gasteiger partial charge in [-0.3, -0.25) is 4.72 Å². The van der Waals surface area contributed by atoms with Gasteiger partial charge in [-0.1, -0.05) is 5.16 Å². The molecule has 0 saturated carbocycles. The second-order valence-corrected chi connectivity index (χ2v) is 5.20. The van der Waals surface area contributed by atoms with E-state index in [0.29, 0.717) is 11.4 Å². The molecule has 14 heavy (non-hydrogen) atoms. The molecule has 0 spiro atoms. The van der Waals surface area contributed by atoms with Crippen LogP contribution < -0.4 is 4.72 Å². The molecule has 1 aromatic heterocycles. The van der Waals surface area contributed by atoms with E-state index >= 15 is 0 Å². The molecule has 1 aromatic rings. The van der Waals surface area contributed by atoms with Crippen LogP contribution in [0.5, 0.6) is 0 Å². The predicted molar refractivity (Wildman–Crippen MR) is 54.6 cm³/mol. The van der Waals surface area contributed by atoms with Crippen molar-refractivity contribution in [2.45, 2.75) is 6.92 Å². The molecule has 0 aliphatic carbocycles. The molecule has 0 atom stereocenters. The van der Waals surface area contributed by atoms with Crippen LogP contribution in [0, 0.1) is 0 Å². The van der Waals surface area contributed by atoms with Crippen molar-refractivity contribution in [3.63, 3.8) is 0 Å². The van der Waals surface area contributed by atoms with Gasteiger partial charge in [0.25, 0.3) is 0 Å². The average molecular weight is 235 g/mol. The lowest BCUT2D eigenvalue weighted by Gasteiger charge is -1.96. The van der Waals surface area contributed by atoms with Crippen molar-refractivity contribution in [3.8, 4) is 0 Å². The number of hydrogen-bond acceptors (Lipinski definition) is 6. The quantitative estimate of drug-likeness (QED) is 0.458. The minimum absolute atomic E-state index is 0.255. The van der Waals surface area contributed by atoms with Gasteiger partial charge in [0.15, 0.2) is 5.13 Å². The van der Waals surface area contributed by atoms with Gasteiger partial charge in [0.2, 0.25) is 10.0 Å². The van der Waals surface area contributed by atoms with E-state index in [1.165, 1.54) is 0 Å². The topological polar surface area (TPSA) is 91.7 Å². The van der Waals surface area contributed by atoms with E-state index in [1.807, 2.05) is 0 Å². The molecule has 0 radical (unpaired) electrons. The van der Waals surface area contributed by atoms with Crippen LogP contribution in [0.15, 0.2) is 10.5 Å². The SMILES string of the molecule is CC(=NO)c1csc(NS(C)(=O)=O)n1. The first kappa shape index (κ1) is 10.9. The summed E-state index contributed by atoms with van der Waals surface area (Å²) in [5.74, 6) is 0. The van der Waals surface area contributed by atoms with Gasteiger partial charge in [-0.15, -0.1) is 11.3 Å². The minimum Gasteiger partial charge on any atom is -0.411 e. The van der Waals surface area contributed by atoms with E-state index < -0.39 is 10.0 Å². The Hall–Kier alpha value is -1.15. The summed E-state index contributed by atoms with van der Waals surface area (Å²) >= 11 is 1.13. The smallest absolute Gasteiger partial charge is 0.231 e. The third-order valence-electron chi connectivity index (χ3n) is 1.30. The molecule has 0 saturated heterocycles. The highest BCUT2D eigenvalue weighted by atomic mass is 32.2. The molecule has 0 aliphatic rings. The lowest BCUT2D eigenvalue weighted by atomic mass is 10.3. The number of hydrogen-bond donors (Lipinski definition) is 2. The minimum atomic E-state index is -3.30. The average Bonchev–Trinajstić information content (AvgIpc) is 2.48. The van der Waals surface area contributed by atoms with E-state index in [1.54, 1.807) is 12.3 Å². The molecule has 1 heterocycles. The molecular formula is C6H9N3O3S2. The van der Waals surface area contributed by atoms with Crippen LogP contribution in [0.3, 0.4) is 0 Å². The second kappa shape index (κ2) is 3.93. The van der Waals surface area contributed by atoms with Gasteiger partial charge in [0, 0.05) is 5.38 Å². The van der Waals surface area contributed by atoms with E-state index in [0.717, 1.165) is 17.6 Å². The Morgan fingerprint density at radius 1 is 1.71 bits per heavy atom. The summed E-state index contributed by atoms with van der Waals surface area (Å²) in [5, 5.41) is 13.3. The zero-order chi connectivity index (χ0) is 10.8. The van der Waals surface area contributed by atoms with Crippen molar-refractivity contribution in [1.82, 2.24) is 4.98 Å². The number of nitrogens with zero attached hydrogens (tertiary/aromatic N) is 2. The molecule has 78 valence electrons. The Bertz CT molecular complexity index is 449. The van der Waals surface area contributed by atoms with Gasteiger partial charge >= 0.3 is 0 Å². The lowest BCUT2D eigenvalue weighted by Crippen LogP contribution is -2.09. The molecule has 2 N–H and O–H groups in total. The van der Waals surface area contributed by atoms with Gasteiger partial charge in [-0.05, 0) is 6.92 Å². The summed E-state index contributed by atoms with van der Waals surface area (Å²) in [6.07, 6.45) is 1.04. The molecule has 8 heteroatoms. The highest BCUT2D eigenvalue weighted by molar-refractivity contribution is 7.92. The number of rotatable bonds is 3. The van der Waals surface area contributed by atoms with E-state index in [-0.39, 0.29) is 5.13 Å². The molecule has 0 bridgehead atoms. The maximum absolute atomic E-state index is 10.8. The first-order chi connectivity index (χ1) is 6.42. The second-order valence-electron chi connectivity index (χ2n) is 2.60. The number of aromatic nitrogens is 1. The zero-order valence-corrected chi connectivity index (χ0v) is 9.18. The Morgan fingerprint density at radius 2 is 2.36 bits per heavy atom. The highest BCUT2D eigenvalue weighted by Crippen LogP contribution is 2.16. The van der Waals surface area contributed by atoms with Gasteiger partial charge < -0.3 is 5.21 Å². The van der Waals surface area contributed by atoms with Crippen LogP contribution in [0.4, 0.5) is 5.13 Å². The molecule has 0 fully saturated rings. The van der Waals surface area contributed by atoms with Gasteiger partial charge in [0.1, 0.15) is 11.4 Å². The van der Waals surface area contributed by atoms with Crippen LogP contribution in [0.2, 0.25) is 0 Å². The highest BCUT2D eigenvalue weighted by Gasteiger charge is 2.08. The molecule has 0 amide bonds. The Labute approximate surface area is 85.3 Å². The molecule has 1 rings (SSSR count). The van der Waals surface area contributed by atoms with Crippen LogP contribution in [-0.4, -0.2) is 30.6 Å². The van der Waals surface area contributed by atoms with Crippen LogP contribution in [-0.2, 0) is 10.0 Å². The number of nitrogens with one attached hydrogen (secondary N) is 1.